The molecule has 82 valence electrons. The summed E-state index contributed by atoms with van der Waals surface area (Å²) in [5.74, 6) is 0.724. The van der Waals surface area contributed by atoms with Crippen LogP contribution in [0, 0.1) is 0 Å². The van der Waals surface area contributed by atoms with Crippen molar-refractivity contribution in [3.63, 3.8) is 0 Å². The summed E-state index contributed by atoms with van der Waals surface area (Å²) < 4.78 is 5.54. The van der Waals surface area contributed by atoms with E-state index < -0.39 is 0 Å². The van der Waals surface area contributed by atoms with E-state index in [4.69, 9.17) is 27.9 Å². The first-order chi connectivity index (χ1) is 7.09. The van der Waals surface area contributed by atoms with E-state index in [0.717, 1.165) is 11.3 Å². The van der Waals surface area contributed by atoms with Crippen molar-refractivity contribution in [2.45, 2.75) is 25.9 Å². The molecule has 2 rings (SSSR count). The topological polar surface area (TPSA) is 21.3 Å². The zero-order chi connectivity index (χ0) is 11.0. The molecule has 2 nitrogen and oxygen atoms in total. The largest absolute Gasteiger partial charge is 0.490 e. The van der Waals surface area contributed by atoms with Crippen LogP contribution in [0.15, 0.2) is 12.1 Å². The minimum atomic E-state index is 0.145. The zero-order valence-corrected chi connectivity index (χ0v) is 10.2. The summed E-state index contributed by atoms with van der Waals surface area (Å²) in [5, 5.41) is 4.74. The third-order valence-corrected chi connectivity index (χ3v) is 3.00. The van der Waals surface area contributed by atoms with E-state index in [9.17, 15) is 0 Å². The Labute approximate surface area is 99.5 Å². The third-order valence-electron chi connectivity index (χ3n) is 2.37. The summed E-state index contributed by atoms with van der Waals surface area (Å²) in [6, 6.07) is 4.11. The molecule has 1 unspecified atom stereocenters. The number of nitrogens with one attached hydrogen (secondary N) is 1. The SMILES string of the molecule is CC(C)NC1COc2c(Cl)ccc(Cl)c21. The number of rotatable bonds is 2. The highest BCUT2D eigenvalue weighted by atomic mass is 35.5. The lowest BCUT2D eigenvalue weighted by Gasteiger charge is -2.15. The highest BCUT2D eigenvalue weighted by Gasteiger charge is 2.28. The van der Waals surface area contributed by atoms with Crippen LogP contribution in [0.4, 0.5) is 0 Å². The Bertz CT molecular complexity index is 379. The molecule has 1 aliphatic heterocycles. The van der Waals surface area contributed by atoms with E-state index in [1.165, 1.54) is 0 Å². The lowest BCUT2D eigenvalue weighted by molar-refractivity contribution is 0.303. The van der Waals surface area contributed by atoms with Crippen LogP contribution in [0.1, 0.15) is 25.5 Å². The average molecular weight is 246 g/mol. The van der Waals surface area contributed by atoms with Gasteiger partial charge in [0.2, 0.25) is 0 Å². The maximum atomic E-state index is 6.14. The van der Waals surface area contributed by atoms with Gasteiger partial charge in [0.25, 0.3) is 0 Å². The van der Waals surface area contributed by atoms with E-state index in [0.29, 0.717) is 22.7 Å². The summed E-state index contributed by atoms with van der Waals surface area (Å²) in [6.07, 6.45) is 0. The Kier molecular flexibility index (Phi) is 3.10. The van der Waals surface area contributed by atoms with Gasteiger partial charge in [0.15, 0.2) is 0 Å². The van der Waals surface area contributed by atoms with Crippen LogP contribution in [0.5, 0.6) is 5.75 Å². The van der Waals surface area contributed by atoms with Crippen molar-refractivity contribution in [2.24, 2.45) is 0 Å². The predicted molar refractivity (Wildman–Crippen MR) is 63.0 cm³/mol. The summed E-state index contributed by atoms with van der Waals surface area (Å²) >= 11 is 12.2. The lowest BCUT2D eigenvalue weighted by Crippen LogP contribution is -2.29. The van der Waals surface area contributed by atoms with E-state index in [1.54, 1.807) is 6.07 Å². The first-order valence-electron chi connectivity index (χ1n) is 4.96. The van der Waals surface area contributed by atoms with E-state index in [-0.39, 0.29) is 6.04 Å². The molecule has 0 aromatic heterocycles. The fraction of sp³-hybridized carbons (Fsp3) is 0.455. The number of hydrogen-bond donors (Lipinski definition) is 1. The maximum absolute atomic E-state index is 6.14. The van der Waals surface area contributed by atoms with Crippen LogP contribution in [-0.2, 0) is 0 Å². The van der Waals surface area contributed by atoms with E-state index in [1.807, 2.05) is 6.07 Å². The number of benzene rings is 1. The van der Waals surface area contributed by atoms with Gasteiger partial charge in [0.05, 0.1) is 11.1 Å². The first kappa shape index (κ1) is 11.1. The molecule has 0 spiro atoms. The van der Waals surface area contributed by atoms with Crippen LogP contribution in [0.2, 0.25) is 10.0 Å². The molecule has 1 aliphatic rings. The molecule has 0 fully saturated rings. The van der Waals surface area contributed by atoms with Crippen molar-refractivity contribution in [1.82, 2.24) is 5.32 Å². The Morgan fingerprint density at radius 2 is 2.00 bits per heavy atom. The monoisotopic (exact) mass is 245 g/mol. The van der Waals surface area contributed by atoms with Gasteiger partial charge in [-0.1, -0.05) is 37.0 Å². The Hall–Kier alpha value is -0.440. The number of fused-ring (bicyclic) bond motifs is 1. The normalized spacial score (nSPS) is 19.1. The summed E-state index contributed by atoms with van der Waals surface area (Å²) in [7, 11) is 0. The van der Waals surface area contributed by atoms with Gasteiger partial charge in [-0.15, -0.1) is 0 Å². The Morgan fingerprint density at radius 1 is 1.33 bits per heavy atom. The lowest BCUT2D eigenvalue weighted by atomic mass is 10.1. The van der Waals surface area contributed by atoms with Crippen LogP contribution >= 0.6 is 23.2 Å². The van der Waals surface area contributed by atoms with Gasteiger partial charge in [-0.05, 0) is 12.1 Å². The third kappa shape index (κ3) is 2.07. The molecule has 1 heterocycles. The average Bonchev–Trinajstić information content (AvgIpc) is 2.56. The van der Waals surface area contributed by atoms with Gasteiger partial charge < -0.3 is 10.1 Å². The van der Waals surface area contributed by atoms with Crippen molar-refractivity contribution in [3.8, 4) is 5.75 Å². The van der Waals surface area contributed by atoms with E-state index in [2.05, 4.69) is 19.2 Å². The van der Waals surface area contributed by atoms with Crippen LogP contribution < -0.4 is 10.1 Å². The van der Waals surface area contributed by atoms with Gasteiger partial charge in [-0.25, -0.2) is 0 Å². The van der Waals surface area contributed by atoms with Gasteiger partial charge >= 0.3 is 0 Å². The van der Waals surface area contributed by atoms with Crippen molar-refractivity contribution in [2.75, 3.05) is 6.61 Å². The number of halogens is 2. The molecule has 1 N–H and O–H groups in total. The fourth-order valence-electron chi connectivity index (χ4n) is 1.80. The zero-order valence-electron chi connectivity index (χ0n) is 8.68. The molecular formula is C11H13Cl2NO. The highest BCUT2D eigenvalue weighted by molar-refractivity contribution is 6.35. The molecule has 0 amide bonds. The molecule has 0 saturated carbocycles. The molecule has 0 bridgehead atoms. The summed E-state index contributed by atoms with van der Waals surface area (Å²) in [4.78, 5) is 0. The summed E-state index contributed by atoms with van der Waals surface area (Å²) in [6.45, 7) is 4.78. The van der Waals surface area contributed by atoms with Crippen molar-refractivity contribution < 1.29 is 4.74 Å². The second-order valence-electron chi connectivity index (χ2n) is 3.96. The molecule has 1 aromatic rings. The molecule has 0 aliphatic carbocycles. The van der Waals surface area contributed by atoms with Crippen LogP contribution in [-0.4, -0.2) is 12.6 Å². The second-order valence-corrected chi connectivity index (χ2v) is 4.77. The van der Waals surface area contributed by atoms with Gasteiger partial charge in [0.1, 0.15) is 12.4 Å². The quantitative estimate of drug-likeness (QED) is 0.863. The standard InChI is InChI=1S/C11H13Cl2NO/c1-6(2)14-9-5-15-11-8(13)4-3-7(12)10(9)11/h3-4,6,9,14H,5H2,1-2H3. The predicted octanol–water partition coefficient (Wildman–Crippen LogP) is 3.42. The molecule has 4 heteroatoms. The minimum Gasteiger partial charge on any atom is -0.490 e. The summed E-state index contributed by atoms with van der Waals surface area (Å²) in [5.41, 5.74) is 0.984. The number of hydrogen-bond acceptors (Lipinski definition) is 2. The Balaban J connectivity index is 2.37. The van der Waals surface area contributed by atoms with Gasteiger partial charge in [-0.3, -0.25) is 0 Å². The second kappa shape index (κ2) is 4.20. The molecule has 1 aromatic carbocycles. The molecule has 15 heavy (non-hydrogen) atoms. The van der Waals surface area contributed by atoms with Crippen molar-refractivity contribution >= 4 is 23.2 Å². The molecule has 0 saturated heterocycles. The van der Waals surface area contributed by atoms with Gasteiger partial charge in [-0.2, -0.15) is 0 Å². The molecule has 0 radical (unpaired) electrons. The molecular weight excluding hydrogens is 233 g/mol. The van der Waals surface area contributed by atoms with Crippen LogP contribution in [0.3, 0.4) is 0 Å². The molecule has 1 atom stereocenters. The minimum absolute atomic E-state index is 0.145. The van der Waals surface area contributed by atoms with E-state index >= 15 is 0 Å². The highest BCUT2D eigenvalue weighted by Crippen LogP contribution is 2.42. The van der Waals surface area contributed by atoms with Crippen LogP contribution in [0.25, 0.3) is 0 Å². The van der Waals surface area contributed by atoms with Gasteiger partial charge in [0, 0.05) is 16.6 Å². The smallest absolute Gasteiger partial charge is 0.144 e. The van der Waals surface area contributed by atoms with Crippen molar-refractivity contribution in [3.05, 3.63) is 27.7 Å². The number of ether oxygens (including phenoxy) is 1. The Morgan fingerprint density at radius 3 is 2.67 bits per heavy atom. The first-order valence-corrected chi connectivity index (χ1v) is 5.72. The van der Waals surface area contributed by atoms with Crippen molar-refractivity contribution in [1.29, 1.82) is 0 Å². The fourth-order valence-corrected chi connectivity index (χ4v) is 2.30. The maximum Gasteiger partial charge on any atom is 0.144 e.